The molecule has 1 aromatic heterocycles. The van der Waals surface area contributed by atoms with Crippen LogP contribution in [0.1, 0.15) is 28.8 Å². The Kier molecular flexibility index (Phi) is 7.95. The van der Waals surface area contributed by atoms with Gasteiger partial charge in [-0.1, -0.05) is 18.2 Å². The largest absolute Gasteiger partial charge is 0.496 e. The summed E-state index contributed by atoms with van der Waals surface area (Å²) in [5, 5.41) is 0.801. The highest BCUT2D eigenvalue weighted by Crippen LogP contribution is 2.23. The average Bonchev–Trinajstić information content (AvgIpc) is 2.78. The van der Waals surface area contributed by atoms with Crippen molar-refractivity contribution in [1.82, 2.24) is 14.8 Å². The molecule has 1 amide bonds. The molecular weight excluding hydrogens is 382 g/mol. The summed E-state index contributed by atoms with van der Waals surface area (Å²) in [6.07, 6.45) is 6.96. The second kappa shape index (κ2) is 10.6. The molecule has 0 bridgehead atoms. The van der Waals surface area contributed by atoms with Crippen LogP contribution >= 0.6 is 11.8 Å². The van der Waals surface area contributed by atoms with Crippen LogP contribution in [0.4, 0.5) is 0 Å². The number of nitrogens with zero attached hydrogens (tertiary/aromatic N) is 3. The predicted molar refractivity (Wildman–Crippen MR) is 119 cm³/mol. The van der Waals surface area contributed by atoms with E-state index in [9.17, 15) is 4.79 Å². The first-order valence-corrected chi connectivity index (χ1v) is 11.4. The summed E-state index contributed by atoms with van der Waals surface area (Å²) < 4.78 is 5.46. The number of methoxy groups -OCH3 is 1. The smallest absolute Gasteiger partial charge is 0.256 e. The number of thioether (sulfide) groups is 1. The van der Waals surface area contributed by atoms with Crippen molar-refractivity contribution in [3.63, 3.8) is 0 Å². The first kappa shape index (κ1) is 21.7. The van der Waals surface area contributed by atoms with Crippen LogP contribution in [-0.4, -0.2) is 67.3 Å². The quantitative estimate of drug-likeness (QED) is 0.616. The van der Waals surface area contributed by atoms with E-state index in [1.54, 1.807) is 13.3 Å². The molecule has 1 aromatic carbocycles. The first-order valence-electron chi connectivity index (χ1n) is 10.2. The van der Waals surface area contributed by atoms with Crippen molar-refractivity contribution in [2.24, 2.45) is 5.92 Å². The molecule has 1 aliphatic heterocycles. The third kappa shape index (κ3) is 5.73. The fraction of sp³-hybridized carbons (Fsp3) is 0.478. The summed E-state index contributed by atoms with van der Waals surface area (Å²) >= 11 is 1.52. The van der Waals surface area contributed by atoms with E-state index >= 15 is 0 Å². The number of hydrogen-bond acceptors (Lipinski definition) is 5. The van der Waals surface area contributed by atoms with Crippen molar-refractivity contribution in [3.8, 4) is 5.75 Å². The van der Waals surface area contributed by atoms with Gasteiger partial charge in [-0.2, -0.15) is 0 Å². The SMILES string of the molecule is COc1ccccc1CCN1CCC(CN(C)C(=O)c2cccnc2SC)CC1. The lowest BCUT2D eigenvalue weighted by Crippen LogP contribution is -2.40. The molecule has 2 aromatic rings. The predicted octanol–water partition coefficient (Wildman–Crippen LogP) is 3.84. The molecule has 1 saturated heterocycles. The number of pyridine rings is 1. The van der Waals surface area contributed by atoms with Crippen LogP contribution in [0.2, 0.25) is 0 Å². The molecule has 0 N–H and O–H groups in total. The van der Waals surface area contributed by atoms with Gasteiger partial charge in [-0.3, -0.25) is 4.79 Å². The number of benzene rings is 1. The van der Waals surface area contributed by atoms with Gasteiger partial charge in [0.05, 0.1) is 12.7 Å². The zero-order valence-electron chi connectivity index (χ0n) is 17.6. The second-order valence-corrected chi connectivity index (χ2v) is 8.39. The van der Waals surface area contributed by atoms with Gasteiger partial charge in [0.1, 0.15) is 10.8 Å². The lowest BCUT2D eigenvalue weighted by atomic mass is 9.95. The van der Waals surface area contributed by atoms with Crippen molar-refractivity contribution >= 4 is 17.7 Å². The van der Waals surface area contributed by atoms with Crippen LogP contribution in [0.15, 0.2) is 47.6 Å². The van der Waals surface area contributed by atoms with Crippen molar-refractivity contribution in [3.05, 3.63) is 53.7 Å². The topological polar surface area (TPSA) is 45.7 Å². The number of carbonyl (C=O) groups excluding carboxylic acids is 1. The van der Waals surface area contributed by atoms with E-state index in [-0.39, 0.29) is 5.91 Å². The Hall–Kier alpha value is -2.05. The Labute approximate surface area is 178 Å². The Morgan fingerprint density at radius 1 is 1.24 bits per heavy atom. The number of aromatic nitrogens is 1. The summed E-state index contributed by atoms with van der Waals surface area (Å²) in [6, 6.07) is 12.0. The molecule has 0 spiro atoms. The normalized spacial score (nSPS) is 15.3. The lowest BCUT2D eigenvalue weighted by Gasteiger charge is -2.34. The molecule has 0 radical (unpaired) electrons. The number of piperidine rings is 1. The minimum atomic E-state index is 0.0704. The number of ether oxygens (including phenoxy) is 1. The van der Waals surface area contributed by atoms with Crippen LogP contribution < -0.4 is 4.74 Å². The van der Waals surface area contributed by atoms with Gasteiger partial charge in [0, 0.05) is 26.3 Å². The molecule has 0 aliphatic carbocycles. The van der Waals surface area contributed by atoms with E-state index in [2.05, 4.69) is 22.0 Å². The van der Waals surface area contributed by atoms with Crippen LogP contribution in [0.25, 0.3) is 0 Å². The van der Waals surface area contributed by atoms with Crippen LogP contribution in [0, 0.1) is 5.92 Å². The van der Waals surface area contributed by atoms with Gasteiger partial charge >= 0.3 is 0 Å². The van der Waals surface area contributed by atoms with Gasteiger partial charge in [0.25, 0.3) is 5.91 Å². The molecule has 1 aliphatic rings. The van der Waals surface area contributed by atoms with E-state index < -0.39 is 0 Å². The maximum Gasteiger partial charge on any atom is 0.256 e. The van der Waals surface area contributed by atoms with Gasteiger partial charge in [0.2, 0.25) is 0 Å². The highest BCUT2D eigenvalue weighted by atomic mass is 32.2. The average molecular weight is 414 g/mol. The zero-order valence-corrected chi connectivity index (χ0v) is 18.5. The molecule has 29 heavy (non-hydrogen) atoms. The summed E-state index contributed by atoms with van der Waals surface area (Å²) in [5.41, 5.74) is 1.97. The zero-order chi connectivity index (χ0) is 20.6. The molecule has 156 valence electrons. The van der Waals surface area contributed by atoms with Gasteiger partial charge in [-0.15, -0.1) is 11.8 Å². The van der Waals surface area contributed by atoms with Gasteiger partial charge in [-0.25, -0.2) is 4.98 Å². The van der Waals surface area contributed by atoms with E-state index in [1.807, 2.05) is 42.5 Å². The lowest BCUT2D eigenvalue weighted by molar-refractivity contribution is 0.0736. The molecule has 0 atom stereocenters. The minimum absolute atomic E-state index is 0.0704. The van der Waals surface area contributed by atoms with E-state index in [0.717, 1.165) is 56.2 Å². The van der Waals surface area contributed by atoms with Gasteiger partial charge in [-0.05, 0) is 68.3 Å². The van der Waals surface area contributed by atoms with E-state index in [0.29, 0.717) is 11.5 Å². The first-order chi connectivity index (χ1) is 14.1. The number of para-hydroxylation sites is 1. The number of carbonyl (C=O) groups is 1. The number of amides is 1. The van der Waals surface area contributed by atoms with Crippen molar-refractivity contribution in [1.29, 1.82) is 0 Å². The standard InChI is InChI=1S/C23H31N3O2S/c1-25(23(27)20-8-6-13-24-22(20)29-3)17-18-10-14-26(15-11-18)16-12-19-7-4-5-9-21(19)28-2/h4-9,13,18H,10-12,14-17H2,1-3H3. The molecule has 2 heterocycles. The van der Waals surface area contributed by atoms with Crippen LogP contribution in [0.3, 0.4) is 0 Å². The number of rotatable bonds is 8. The van der Waals surface area contributed by atoms with E-state index in [4.69, 9.17) is 4.74 Å². The minimum Gasteiger partial charge on any atom is -0.496 e. The highest BCUT2D eigenvalue weighted by Gasteiger charge is 2.23. The van der Waals surface area contributed by atoms with Crippen LogP contribution in [0.5, 0.6) is 5.75 Å². The summed E-state index contributed by atoms with van der Waals surface area (Å²) in [5.74, 6) is 1.60. The Bertz CT molecular complexity index is 806. The highest BCUT2D eigenvalue weighted by molar-refractivity contribution is 7.98. The van der Waals surface area contributed by atoms with E-state index in [1.165, 1.54) is 17.3 Å². The molecule has 6 heteroatoms. The summed E-state index contributed by atoms with van der Waals surface area (Å²) in [7, 11) is 3.64. The molecule has 1 fully saturated rings. The molecule has 3 rings (SSSR count). The maximum absolute atomic E-state index is 12.8. The Morgan fingerprint density at radius 2 is 2.00 bits per heavy atom. The Balaban J connectivity index is 1.46. The number of hydrogen-bond donors (Lipinski definition) is 0. The maximum atomic E-state index is 12.8. The van der Waals surface area contributed by atoms with Crippen molar-refractivity contribution in [2.75, 3.05) is 46.6 Å². The fourth-order valence-electron chi connectivity index (χ4n) is 3.97. The Morgan fingerprint density at radius 3 is 2.72 bits per heavy atom. The van der Waals surface area contributed by atoms with Gasteiger partial charge < -0.3 is 14.5 Å². The third-order valence-electron chi connectivity index (χ3n) is 5.67. The van der Waals surface area contributed by atoms with Crippen molar-refractivity contribution < 1.29 is 9.53 Å². The fourth-order valence-corrected chi connectivity index (χ4v) is 4.51. The number of likely N-dealkylation sites (tertiary alicyclic amines) is 1. The molecule has 0 saturated carbocycles. The van der Waals surface area contributed by atoms with Gasteiger partial charge in [0.15, 0.2) is 0 Å². The van der Waals surface area contributed by atoms with Crippen molar-refractivity contribution in [2.45, 2.75) is 24.3 Å². The third-order valence-corrected chi connectivity index (χ3v) is 6.38. The molecular formula is C23H31N3O2S. The monoisotopic (exact) mass is 413 g/mol. The summed E-state index contributed by atoms with van der Waals surface area (Å²) in [6.45, 7) is 4.03. The molecule has 5 nitrogen and oxygen atoms in total. The second-order valence-electron chi connectivity index (χ2n) is 7.59. The molecule has 0 unspecified atom stereocenters. The van der Waals surface area contributed by atoms with Crippen LogP contribution in [-0.2, 0) is 6.42 Å². The summed E-state index contributed by atoms with van der Waals surface area (Å²) in [4.78, 5) is 21.5.